The highest BCUT2D eigenvalue weighted by atomic mass is 79.9. The monoisotopic (exact) mass is 366 g/mol. The molecule has 0 spiro atoms. The second-order valence-corrected chi connectivity index (χ2v) is 7.00. The van der Waals surface area contributed by atoms with Crippen LogP contribution in [0.5, 0.6) is 0 Å². The molecule has 0 fully saturated rings. The summed E-state index contributed by atoms with van der Waals surface area (Å²) in [5.41, 5.74) is 1.59. The first kappa shape index (κ1) is 15.7. The van der Waals surface area contributed by atoms with Gasteiger partial charge in [-0.3, -0.25) is 9.59 Å². The first-order valence-corrected chi connectivity index (χ1v) is 7.94. The number of hydrogen-bond donors (Lipinski definition) is 1. The van der Waals surface area contributed by atoms with Crippen molar-refractivity contribution in [2.45, 2.75) is 6.54 Å². The summed E-state index contributed by atoms with van der Waals surface area (Å²) < 4.78 is 0.939. The lowest BCUT2D eigenvalue weighted by Crippen LogP contribution is -2.25. The number of amides is 2. The van der Waals surface area contributed by atoms with E-state index in [-0.39, 0.29) is 11.8 Å². The summed E-state index contributed by atoms with van der Waals surface area (Å²) in [5, 5.41) is 2.58. The molecular weight excluding hydrogens is 352 g/mol. The van der Waals surface area contributed by atoms with E-state index in [0.29, 0.717) is 17.0 Å². The van der Waals surface area contributed by atoms with E-state index in [1.54, 1.807) is 31.1 Å². The van der Waals surface area contributed by atoms with Gasteiger partial charge in [0.2, 0.25) is 0 Å². The number of carbonyl (C=O) groups excluding carboxylic acids is 2. The van der Waals surface area contributed by atoms with Crippen molar-refractivity contribution in [3.8, 4) is 0 Å². The zero-order valence-corrected chi connectivity index (χ0v) is 14.1. The third-order valence-corrected chi connectivity index (χ3v) is 4.61. The fourth-order valence-electron chi connectivity index (χ4n) is 1.87. The molecule has 0 aliphatic rings. The molecule has 1 heterocycles. The van der Waals surface area contributed by atoms with Crippen LogP contribution < -0.4 is 5.32 Å². The third kappa shape index (κ3) is 3.92. The summed E-state index contributed by atoms with van der Waals surface area (Å²) in [6.07, 6.45) is 0. The standard InChI is InChI=1S/C15H15BrN2O2S/c1-17-14(19)11-5-3-10(4-6-11)9-18(2)15(20)12-7-8-13(16)21-12/h3-8H,9H2,1-2H3,(H,17,19). The van der Waals surface area contributed by atoms with Crippen LogP contribution in [0.4, 0.5) is 0 Å². The van der Waals surface area contributed by atoms with Crippen LogP contribution in [0.15, 0.2) is 40.2 Å². The summed E-state index contributed by atoms with van der Waals surface area (Å²) in [6.45, 7) is 0.502. The van der Waals surface area contributed by atoms with Gasteiger partial charge >= 0.3 is 0 Å². The molecule has 0 saturated heterocycles. The van der Waals surface area contributed by atoms with Crippen LogP contribution in [0.1, 0.15) is 25.6 Å². The molecule has 0 aliphatic carbocycles. The van der Waals surface area contributed by atoms with E-state index >= 15 is 0 Å². The number of nitrogens with one attached hydrogen (secondary N) is 1. The van der Waals surface area contributed by atoms with Crippen molar-refractivity contribution in [2.75, 3.05) is 14.1 Å². The molecular formula is C15H15BrN2O2S. The van der Waals surface area contributed by atoms with Crippen LogP contribution in [0, 0.1) is 0 Å². The number of thiophene rings is 1. The maximum absolute atomic E-state index is 12.2. The molecule has 1 aromatic heterocycles. The molecule has 21 heavy (non-hydrogen) atoms. The van der Waals surface area contributed by atoms with Gasteiger partial charge in [0.1, 0.15) is 0 Å². The number of nitrogens with zero attached hydrogens (tertiary/aromatic N) is 1. The van der Waals surface area contributed by atoms with E-state index in [0.717, 1.165) is 9.35 Å². The predicted molar refractivity (Wildman–Crippen MR) is 87.6 cm³/mol. The Morgan fingerprint density at radius 1 is 1.19 bits per heavy atom. The van der Waals surface area contributed by atoms with Gasteiger partial charge in [-0.1, -0.05) is 12.1 Å². The number of halogens is 1. The Balaban J connectivity index is 2.04. The molecule has 1 N–H and O–H groups in total. The lowest BCUT2D eigenvalue weighted by Gasteiger charge is -2.16. The second kappa shape index (κ2) is 6.87. The zero-order valence-electron chi connectivity index (χ0n) is 11.7. The largest absolute Gasteiger partial charge is 0.355 e. The summed E-state index contributed by atoms with van der Waals surface area (Å²) in [5.74, 6) is -0.129. The van der Waals surface area contributed by atoms with E-state index in [1.165, 1.54) is 11.3 Å². The summed E-state index contributed by atoms with van der Waals surface area (Å²) in [7, 11) is 3.37. The quantitative estimate of drug-likeness (QED) is 0.903. The minimum absolute atomic E-state index is 0.0129. The van der Waals surface area contributed by atoms with Crippen molar-refractivity contribution < 1.29 is 9.59 Å². The van der Waals surface area contributed by atoms with Crippen LogP contribution >= 0.6 is 27.3 Å². The molecule has 0 bridgehead atoms. The minimum Gasteiger partial charge on any atom is -0.355 e. The highest BCUT2D eigenvalue weighted by Crippen LogP contribution is 2.23. The van der Waals surface area contributed by atoms with Crippen LogP contribution in [0.2, 0.25) is 0 Å². The molecule has 6 heteroatoms. The molecule has 110 valence electrons. The highest BCUT2D eigenvalue weighted by Gasteiger charge is 2.14. The summed E-state index contributed by atoms with van der Waals surface area (Å²) in [4.78, 5) is 26.1. The van der Waals surface area contributed by atoms with E-state index in [9.17, 15) is 9.59 Å². The molecule has 0 aliphatic heterocycles. The number of carbonyl (C=O) groups is 2. The van der Waals surface area contributed by atoms with Crippen LogP contribution in [-0.4, -0.2) is 30.8 Å². The molecule has 0 atom stereocenters. The molecule has 2 amide bonds. The van der Waals surface area contributed by atoms with Gasteiger partial charge in [-0.25, -0.2) is 0 Å². The van der Waals surface area contributed by atoms with Gasteiger partial charge in [0.15, 0.2) is 0 Å². The topological polar surface area (TPSA) is 49.4 Å². The van der Waals surface area contributed by atoms with Crippen LogP contribution in [0.25, 0.3) is 0 Å². The summed E-state index contributed by atoms with van der Waals surface area (Å²) >= 11 is 4.77. The smallest absolute Gasteiger partial charge is 0.264 e. The second-order valence-electron chi connectivity index (χ2n) is 4.54. The fraction of sp³-hybridized carbons (Fsp3) is 0.200. The molecule has 1 aromatic carbocycles. The predicted octanol–water partition coefficient (Wildman–Crippen LogP) is 3.14. The van der Waals surface area contributed by atoms with Crippen LogP contribution in [0.3, 0.4) is 0 Å². The van der Waals surface area contributed by atoms with Crippen LogP contribution in [-0.2, 0) is 6.54 Å². The van der Waals surface area contributed by atoms with Crippen molar-refractivity contribution in [1.82, 2.24) is 10.2 Å². The van der Waals surface area contributed by atoms with Gasteiger partial charge in [-0.15, -0.1) is 11.3 Å². The number of benzene rings is 1. The molecule has 0 radical (unpaired) electrons. The van der Waals surface area contributed by atoms with Gasteiger partial charge in [-0.05, 0) is 45.8 Å². The van der Waals surface area contributed by atoms with Gasteiger partial charge in [-0.2, -0.15) is 0 Å². The zero-order chi connectivity index (χ0) is 15.4. The molecule has 0 unspecified atom stereocenters. The maximum atomic E-state index is 12.2. The highest BCUT2D eigenvalue weighted by molar-refractivity contribution is 9.11. The Bertz CT molecular complexity index is 652. The third-order valence-electron chi connectivity index (χ3n) is 2.99. The lowest BCUT2D eigenvalue weighted by molar-refractivity contribution is 0.0789. The SMILES string of the molecule is CNC(=O)c1ccc(CN(C)C(=O)c2ccc(Br)s2)cc1. The van der Waals surface area contributed by atoms with E-state index in [2.05, 4.69) is 21.2 Å². The average Bonchev–Trinajstić information content (AvgIpc) is 2.93. The molecule has 2 rings (SSSR count). The Hall–Kier alpha value is -1.66. The maximum Gasteiger partial charge on any atom is 0.264 e. The number of hydrogen-bond acceptors (Lipinski definition) is 3. The van der Waals surface area contributed by atoms with Gasteiger partial charge in [0, 0.05) is 26.2 Å². The van der Waals surface area contributed by atoms with Crippen molar-refractivity contribution in [3.05, 3.63) is 56.2 Å². The van der Waals surface area contributed by atoms with Gasteiger partial charge in [0.05, 0.1) is 8.66 Å². The minimum atomic E-state index is -0.116. The first-order chi connectivity index (χ1) is 10.0. The van der Waals surface area contributed by atoms with Crippen molar-refractivity contribution in [1.29, 1.82) is 0 Å². The Labute approximate surface area is 135 Å². The molecule has 2 aromatic rings. The van der Waals surface area contributed by atoms with Gasteiger partial charge in [0.25, 0.3) is 11.8 Å². The van der Waals surface area contributed by atoms with E-state index in [4.69, 9.17) is 0 Å². The van der Waals surface area contributed by atoms with Crippen molar-refractivity contribution in [2.24, 2.45) is 0 Å². The Morgan fingerprint density at radius 2 is 1.86 bits per heavy atom. The molecule has 0 saturated carbocycles. The Morgan fingerprint density at radius 3 is 2.38 bits per heavy atom. The fourth-order valence-corrected chi connectivity index (χ4v) is 3.25. The van der Waals surface area contributed by atoms with E-state index < -0.39 is 0 Å². The van der Waals surface area contributed by atoms with Crippen molar-refractivity contribution >= 4 is 39.1 Å². The van der Waals surface area contributed by atoms with Crippen molar-refractivity contribution in [3.63, 3.8) is 0 Å². The van der Waals surface area contributed by atoms with Gasteiger partial charge < -0.3 is 10.2 Å². The molecule has 4 nitrogen and oxygen atoms in total. The summed E-state index contributed by atoms with van der Waals surface area (Å²) in [6, 6.07) is 10.9. The normalized spacial score (nSPS) is 10.2. The Kier molecular flexibility index (Phi) is 5.14. The van der Waals surface area contributed by atoms with E-state index in [1.807, 2.05) is 24.3 Å². The first-order valence-electron chi connectivity index (χ1n) is 6.33. The number of rotatable bonds is 4. The average molecular weight is 367 g/mol. The lowest BCUT2D eigenvalue weighted by atomic mass is 10.1.